The Balaban J connectivity index is 1.57. The van der Waals surface area contributed by atoms with Gasteiger partial charge in [0.1, 0.15) is 5.15 Å². The van der Waals surface area contributed by atoms with E-state index < -0.39 is 6.04 Å². The van der Waals surface area contributed by atoms with Gasteiger partial charge in [0.05, 0.1) is 22.8 Å². The highest BCUT2D eigenvalue weighted by molar-refractivity contribution is 6.32. The monoisotopic (exact) mass is 540 g/mol. The number of H-pyrrole nitrogens is 1. The molecule has 1 unspecified atom stereocenters. The second kappa shape index (κ2) is 9.71. The molecule has 0 radical (unpaired) electrons. The molecular formula is C30H22Cl2N4O2. The molecule has 1 atom stereocenters. The maximum absolute atomic E-state index is 13.6. The smallest absolute Gasteiger partial charge is 0.258 e. The Hall–Kier alpha value is -4.00. The van der Waals surface area contributed by atoms with Gasteiger partial charge in [-0.2, -0.15) is 5.10 Å². The molecule has 1 amide bonds. The Bertz CT molecular complexity index is 1810. The van der Waals surface area contributed by atoms with Gasteiger partial charge in [0.2, 0.25) is 5.91 Å². The molecule has 38 heavy (non-hydrogen) atoms. The van der Waals surface area contributed by atoms with Crippen LogP contribution in [0.4, 0.5) is 0 Å². The van der Waals surface area contributed by atoms with Crippen molar-refractivity contribution in [3.05, 3.63) is 111 Å². The van der Waals surface area contributed by atoms with Crippen molar-refractivity contribution < 1.29 is 4.79 Å². The van der Waals surface area contributed by atoms with Crippen LogP contribution in [0.2, 0.25) is 10.2 Å². The number of aromatic amines is 1. The van der Waals surface area contributed by atoms with Gasteiger partial charge in [-0.15, -0.1) is 0 Å². The third-order valence-corrected chi connectivity index (χ3v) is 7.40. The normalized spacial score (nSPS) is 15.3. The fourth-order valence-electron chi connectivity index (χ4n) is 5.08. The highest BCUT2D eigenvalue weighted by Gasteiger charge is 2.36. The minimum Gasteiger partial charge on any atom is -0.321 e. The summed E-state index contributed by atoms with van der Waals surface area (Å²) in [5, 5.41) is 8.76. The summed E-state index contributed by atoms with van der Waals surface area (Å²) < 4.78 is 0. The summed E-state index contributed by atoms with van der Waals surface area (Å²) in [7, 11) is 0. The number of nitrogens with one attached hydrogen (secondary N) is 1. The Morgan fingerprint density at radius 1 is 1.00 bits per heavy atom. The molecule has 0 bridgehead atoms. The SMILES string of the molecule is CCC(=O)N1N=C(c2c(-c3ccccc3)c3cc(Cl)ccc3[nH]c2=O)CC1c1cc2ccccc2nc1Cl. The minimum atomic E-state index is -0.500. The van der Waals surface area contributed by atoms with Crippen LogP contribution in [-0.4, -0.2) is 26.6 Å². The summed E-state index contributed by atoms with van der Waals surface area (Å²) in [5.74, 6) is -0.171. The third-order valence-electron chi connectivity index (χ3n) is 6.86. The molecule has 5 aromatic rings. The lowest BCUT2D eigenvalue weighted by Gasteiger charge is -2.22. The van der Waals surface area contributed by atoms with Crippen molar-refractivity contribution in [2.75, 3.05) is 0 Å². The number of fused-ring (bicyclic) bond motifs is 2. The van der Waals surface area contributed by atoms with Gasteiger partial charge in [-0.3, -0.25) is 9.59 Å². The van der Waals surface area contributed by atoms with Gasteiger partial charge in [0.15, 0.2) is 0 Å². The molecule has 1 aliphatic rings. The lowest BCUT2D eigenvalue weighted by atomic mass is 9.91. The highest BCUT2D eigenvalue weighted by Crippen LogP contribution is 2.40. The number of para-hydroxylation sites is 1. The Kier molecular flexibility index (Phi) is 6.22. The first-order valence-electron chi connectivity index (χ1n) is 12.3. The number of carbonyl (C=O) groups excluding carboxylic acids is 1. The number of nitrogens with zero attached hydrogens (tertiary/aromatic N) is 3. The highest BCUT2D eigenvalue weighted by atomic mass is 35.5. The molecule has 3 heterocycles. The zero-order valence-corrected chi connectivity index (χ0v) is 21.9. The lowest BCUT2D eigenvalue weighted by Crippen LogP contribution is -2.26. The van der Waals surface area contributed by atoms with Crippen LogP contribution in [0.15, 0.2) is 88.8 Å². The Labute approximate surface area is 228 Å². The first-order valence-corrected chi connectivity index (χ1v) is 13.1. The van der Waals surface area contributed by atoms with Gasteiger partial charge < -0.3 is 4.98 Å². The molecule has 3 aromatic carbocycles. The summed E-state index contributed by atoms with van der Waals surface area (Å²) in [6.07, 6.45) is 0.557. The van der Waals surface area contributed by atoms with E-state index in [2.05, 4.69) is 9.97 Å². The standard InChI is InChI=1S/C30H22Cl2N4O2/c1-2-26(37)36-25(21-14-18-10-6-7-11-22(18)33-29(21)32)16-24(35-36)28-27(17-8-4-3-5-9-17)20-15-19(31)12-13-23(20)34-30(28)38/h3-15,25H,2,16H2,1H3,(H,34,38). The topological polar surface area (TPSA) is 78.4 Å². The maximum Gasteiger partial charge on any atom is 0.258 e. The predicted octanol–water partition coefficient (Wildman–Crippen LogP) is 7.14. The number of carbonyl (C=O) groups is 1. The molecule has 0 spiro atoms. The van der Waals surface area contributed by atoms with Gasteiger partial charge in [-0.1, -0.05) is 78.7 Å². The summed E-state index contributed by atoms with van der Waals surface area (Å²) in [4.78, 5) is 34.3. The number of rotatable bonds is 4. The second-order valence-corrected chi connectivity index (χ2v) is 9.97. The van der Waals surface area contributed by atoms with E-state index in [1.807, 2.05) is 66.7 Å². The van der Waals surface area contributed by atoms with Crippen molar-refractivity contribution in [2.24, 2.45) is 5.10 Å². The number of hydrazone groups is 1. The van der Waals surface area contributed by atoms with E-state index >= 15 is 0 Å². The average Bonchev–Trinajstić information content (AvgIpc) is 3.37. The van der Waals surface area contributed by atoms with Crippen molar-refractivity contribution in [1.82, 2.24) is 15.0 Å². The molecular weight excluding hydrogens is 519 g/mol. The number of aromatic nitrogens is 2. The van der Waals surface area contributed by atoms with E-state index in [-0.39, 0.29) is 17.9 Å². The number of amides is 1. The van der Waals surface area contributed by atoms with Crippen LogP contribution in [-0.2, 0) is 4.79 Å². The van der Waals surface area contributed by atoms with Gasteiger partial charge in [0, 0.05) is 45.3 Å². The van der Waals surface area contributed by atoms with Crippen LogP contribution >= 0.6 is 23.2 Å². The van der Waals surface area contributed by atoms with Crippen LogP contribution in [0.3, 0.4) is 0 Å². The number of halogens is 2. The van der Waals surface area contributed by atoms with E-state index in [4.69, 9.17) is 28.3 Å². The van der Waals surface area contributed by atoms with Crippen molar-refractivity contribution in [2.45, 2.75) is 25.8 Å². The number of pyridine rings is 2. The average molecular weight is 541 g/mol. The number of hydrogen-bond donors (Lipinski definition) is 1. The fraction of sp³-hybridized carbons (Fsp3) is 0.133. The molecule has 6 nitrogen and oxygen atoms in total. The first kappa shape index (κ1) is 24.3. The molecule has 0 aliphatic carbocycles. The van der Waals surface area contributed by atoms with E-state index in [1.54, 1.807) is 19.1 Å². The van der Waals surface area contributed by atoms with Crippen LogP contribution < -0.4 is 5.56 Å². The van der Waals surface area contributed by atoms with Gasteiger partial charge in [-0.25, -0.2) is 9.99 Å². The van der Waals surface area contributed by atoms with E-state index in [1.165, 1.54) is 5.01 Å². The Morgan fingerprint density at radius 3 is 2.55 bits per heavy atom. The first-order chi connectivity index (χ1) is 18.4. The maximum atomic E-state index is 13.6. The Morgan fingerprint density at radius 2 is 1.76 bits per heavy atom. The second-order valence-electron chi connectivity index (χ2n) is 9.18. The molecule has 1 N–H and O–H groups in total. The number of hydrogen-bond acceptors (Lipinski definition) is 4. The fourth-order valence-corrected chi connectivity index (χ4v) is 5.53. The molecule has 2 aromatic heterocycles. The van der Waals surface area contributed by atoms with Crippen molar-refractivity contribution in [3.8, 4) is 11.1 Å². The summed E-state index contributed by atoms with van der Waals surface area (Å²) in [6.45, 7) is 1.79. The zero-order valence-electron chi connectivity index (χ0n) is 20.4. The molecule has 1 aliphatic heterocycles. The van der Waals surface area contributed by atoms with Gasteiger partial charge in [-0.05, 0) is 35.9 Å². The van der Waals surface area contributed by atoms with Crippen molar-refractivity contribution in [1.29, 1.82) is 0 Å². The molecule has 0 saturated carbocycles. The minimum absolute atomic E-state index is 0.171. The summed E-state index contributed by atoms with van der Waals surface area (Å²) in [6, 6.07) is 24.2. The lowest BCUT2D eigenvalue weighted by molar-refractivity contribution is -0.132. The van der Waals surface area contributed by atoms with Crippen LogP contribution in [0.25, 0.3) is 32.9 Å². The molecule has 0 fully saturated rings. The zero-order chi connectivity index (χ0) is 26.4. The molecule has 0 saturated heterocycles. The predicted molar refractivity (Wildman–Crippen MR) is 153 cm³/mol. The molecule has 8 heteroatoms. The largest absolute Gasteiger partial charge is 0.321 e. The van der Waals surface area contributed by atoms with Crippen molar-refractivity contribution >= 4 is 56.6 Å². The van der Waals surface area contributed by atoms with Crippen LogP contribution in [0.1, 0.15) is 36.9 Å². The summed E-state index contributed by atoms with van der Waals surface area (Å²) in [5.41, 5.74) is 4.32. The molecule has 188 valence electrons. The van der Waals surface area contributed by atoms with Gasteiger partial charge in [0.25, 0.3) is 5.56 Å². The third kappa shape index (κ3) is 4.16. The van der Waals surface area contributed by atoms with E-state index in [9.17, 15) is 9.59 Å². The van der Waals surface area contributed by atoms with Crippen LogP contribution in [0, 0.1) is 0 Å². The number of benzene rings is 3. The van der Waals surface area contributed by atoms with E-state index in [0.717, 1.165) is 27.4 Å². The van der Waals surface area contributed by atoms with Crippen LogP contribution in [0.5, 0.6) is 0 Å². The van der Waals surface area contributed by atoms with Crippen molar-refractivity contribution in [3.63, 3.8) is 0 Å². The molecule has 6 rings (SSSR count). The summed E-state index contributed by atoms with van der Waals surface area (Å²) >= 11 is 13.0. The van der Waals surface area contributed by atoms with E-state index in [0.29, 0.717) is 39.0 Å². The van der Waals surface area contributed by atoms with Gasteiger partial charge >= 0.3 is 0 Å². The quantitative estimate of drug-likeness (QED) is 0.246.